The van der Waals surface area contributed by atoms with Gasteiger partial charge in [-0.1, -0.05) is 20.2 Å². The molecule has 0 saturated carbocycles. The number of nitrogens with zero attached hydrogens (tertiary/aromatic N) is 4. The van der Waals surface area contributed by atoms with Gasteiger partial charge in [0.05, 0.1) is 29.0 Å². The van der Waals surface area contributed by atoms with Gasteiger partial charge in [0.2, 0.25) is 0 Å². The second kappa shape index (κ2) is 11.8. The first-order valence-corrected chi connectivity index (χ1v) is 14.5. The van der Waals surface area contributed by atoms with Gasteiger partial charge in [0.1, 0.15) is 12.4 Å². The maximum absolute atomic E-state index is 13.6. The van der Waals surface area contributed by atoms with Crippen LogP contribution in [0.15, 0.2) is 29.1 Å². The number of fused-ring (bicyclic) bond motifs is 5. The molecule has 0 unspecified atom stereocenters. The van der Waals surface area contributed by atoms with E-state index < -0.39 is 55.8 Å². The summed E-state index contributed by atoms with van der Waals surface area (Å²) in [6.07, 6.45) is -10.6. The van der Waals surface area contributed by atoms with E-state index in [4.69, 9.17) is 28.2 Å². The van der Waals surface area contributed by atoms with E-state index in [9.17, 15) is 19.5 Å². The Labute approximate surface area is 276 Å². The van der Waals surface area contributed by atoms with Crippen molar-refractivity contribution in [2.45, 2.75) is 83.4 Å². The highest BCUT2D eigenvalue weighted by molar-refractivity contribution is 5.90. The molecule has 4 aliphatic heterocycles. The molecule has 1 amide bonds. The maximum atomic E-state index is 13.6. The second-order valence-corrected chi connectivity index (χ2v) is 11.1. The molecule has 11 heteroatoms. The third-order valence-electron chi connectivity index (χ3n) is 8.90. The number of benzene rings is 1. The Hall–Kier alpha value is -3.47. The van der Waals surface area contributed by atoms with E-state index in [1.807, 2.05) is 6.92 Å². The minimum atomic E-state index is -3.50. The quantitative estimate of drug-likeness (QED) is 0.327. The summed E-state index contributed by atoms with van der Waals surface area (Å²) in [5.74, 6) is -0.616. The molecular formula is C33H39ClN4O6. The number of hydrogen-bond acceptors (Lipinski definition) is 8. The van der Waals surface area contributed by atoms with Crippen LogP contribution in [0.2, 0.25) is 0 Å². The van der Waals surface area contributed by atoms with Crippen molar-refractivity contribution in [3.8, 4) is 17.1 Å². The smallest absolute Gasteiger partial charge is 0.415 e. The molecule has 234 valence electrons. The van der Waals surface area contributed by atoms with Gasteiger partial charge >= 0.3 is 12.1 Å². The first kappa shape index (κ1) is 20.5. The van der Waals surface area contributed by atoms with E-state index >= 15 is 0 Å². The Kier molecular flexibility index (Phi) is 5.51. The number of ether oxygens (including phenoxy) is 2. The van der Waals surface area contributed by atoms with E-state index in [1.165, 1.54) is 4.90 Å². The minimum Gasteiger partial charge on any atom is -0.458 e. The van der Waals surface area contributed by atoms with E-state index in [0.717, 1.165) is 11.1 Å². The summed E-state index contributed by atoms with van der Waals surface area (Å²) in [5.41, 5.74) is 1.28. The predicted molar refractivity (Wildman–Crippen MR) is 167 cm³/mol. The Bertz CT molecular complexity index is 2110. The number of piperidine rings is 2. The van der Waals surface area contributed by atoms with Crippen LogP contribution < -0.4 is 10.3 Å². The molecule has 2 saturated heterocycles. The fourth-order valence-corrected chi connectivity index (χ4v) is 6.50. The number of cyclic esters (lactones) is 1. The maximum Gasteiger partial charge on any atom is 0.415 e. The molecule has 1 atom stereocenters. The summed E-state index contributed by atoms with van der Waals surface area (Å²) in [6.45, 7) is -3.02. The predicted octanol–water partition coefficient (Wildman–Crippen LogP) is 4.51. The molecule has 44 heavy (non-hydrogen) atoms. The number of carbonyl (C=O) groups excluding carboxylic acids is 2. The molecule has 0 spiro atoms. The van der Waals surface area contributed by atoms with Crippen molar-refractivity contribution in [2.24, 2.45) is 0 Å². The van der Waals surface area contributed by atoms with Gasteiger partial charge in [0.15, 0.2) is 5.60 Å². The Morgan fingerprint density at radius 2 is 1.89 bits per heavy atom. The first-order valence-electron chi connectivity index (χ1n) is 19.5. The van der Waals surface area contributed by atoms with Crippen molar-refractivity contribution in [3.63, 3.8) is 0 Å². The number of halogens is 1. The van der Waals surface area contributed by atoms with Crippen LogP contribution in [0.5, 0.6) is 5.75 Å². The fourth-order valence-electron chi connectivity index (χ4n) is 6.50. The van der Waals surface area contributed by atoms with Gasteiger partial charge in [-0.15, -0.1) is 12.4 Å². The summed E-state index contributed by atoms with van der Waals surface area (Å²) in [5, 5.41) is 11.9. The van der Waals surface area contributed by atoms with Crippen LogP contribution in [-0.2, 0) is 34.7 Å². The molecule has 0 radical (unpaired) electrons. The molecule has 2 aromatic heterocycles. The molecule has 1 N–H and O–H groups in total. The van der Waals surface area contributed by atoms with Gasteiger partial charge < -0.3 is 28.9 Å². The number of amides is 1. The molecule has 1 aromatic carbocycles. The Morgan fingerprint density at radius 3 is 2.59 bits per heavy atom. The lowest BCUT2D eigenvalue weighted by atomic mass is 9.86. The molecule has 0 aliphatic carbocycles. The molecule has 10 nitrogen and oxygen atoms in total. The zero-order chi connectivity index (χ0) is 38.8. The van der Waals surface area contributed by atoms with Gasteiger partial charge in [0.25, 0.3) is 5.56 Å². The van der Waals surface area contributed by atoms with Crippen LogP contribution in [0.3, 0.4) is 0 Å². The zero-order valence-electron chi connectivity index (χ0n) is 34.2. The van der Waals surface area contributed by atoms with E-state index in [1.54, 1.807) is 35.8 Å². The molecular weight excluding hydrogens is 584 g/mol. The van der Waals surface area contributed by atoms with Gasteiger partial charge in [-0.05, 0) is 81.3 Å². The Balaban J connectivity index is 0.00000497. The van der Waals surface area contributed by atoms with Gasteiger partial charge in [-0.25, -0.2) is 14.6 Å². The number of likely N-dealkylation sites (tertiary alicyclic amines) is 2. The molecule has 0 bridgehead atoms. The summed E-state index contributed by atoms with van der Waals surface area (Å²) in [4.78, 5) is 46.2. The number of pyridine rings is 2. The topological polar surface area (TPSA) is 114 Å². The Morgan fingerprint density at radius 1 is 1.14 bits per heavy atom. The first-order chi connectivity index (χ1) is 24.6. The summed E-state index contributed by atoms with van der Waals surface area (Å²) >= 11 is 0. The van der Waals surface area contributed by atoms with Crippen LogP contribution in [0, 0.1) is 0 Å². The third kappa shape index (κ3) is 4.87. The average Bonchev–Trinajstić information content (AvgIpc) is 3.46. The van der Waals surface area contributed by atoms with Crippen molar-refractivity contribution in [1.82, 2.24) is 19.4 Å². The van der Waals surface area contributed by atoms with E-state index in [-0.39, 0.29) is 80.3 Å². The molecule has 2 fully saturated rings. The van der Waals surface area contributed by atoms with Crippen LogP contribution in [0.25, 0.3) is 22.3 Å². The van der Waals surface area contributed by atoms with E-state index in [2.05, 4.69) is 0 Å². The fraction of sp³-hybridized carbons (Fsp3) is 0.515. The standard InChI is InChI=1S/C33H38N4O6.ClH/c1-3-22-23-16-21(43-32(40)36-14-10-20(11-15-36)35-12-6-5-7-13-35)8-9-27(23)34-29-24(22)18-37-28(29)17-26-25(30(37)38)19-42-31(39)33(26,41)4-2;/h8-9,16-17,20,41H,3-7,10-15,18-19H2,1-2H3;1H/t33-;/m1./s1/i5D2,6D2,7D2,12D2,13D2;. The highest BCUT2D eigenvalue weighted by Crippen LogP contribution is 2.40. The normalized spacial score (nSPS) is 30.8. The summed E-state index contributed by atoms with van der Waals surface area (Å²) < 4.78 is 95.3. The highest BCUT2D eigenvalue weighted by atomic mass is 35.5. The summed E-state index contributed by atoms with van der Waals surface area (Å²) in [6, 6.07) is 5.48. The summed E-state index contributed by atoms with van der Waals surface area (Å²) in [7, 11) is 0. The number of hydrogen-bond donors (Lipinski definition) is 1. The number of esters is 1. The third-order valence-corrected chi connectivity index (χ3v) is 8.90. The van der Waals surface area contributed by atoms with E-state index in [0.29, 0.717) is 33.6 Å². The van der Waals surface area contributed by atoms with Crippen molar-refractivity contribution in [3.05, 3.63) is 56.9 Å². The number of aromatic nitrogens is 2. The van der Waals surface area contributed by atoms with Gasteiger partial charge in [0, 0.05) is 49.4 Å². The largest absolute Gasteiger partial charge is 0.458 e. The number of aliphatic hydroxyl groups is 1. The van der Waals surface area contributed by atoms with Crippen LogP contribution in [-0.4, -0.2) is 68.6 Å². The number of rotatable bonds is 4. The number of carbonyl (C=O) groups is 2. The highest BCUT2D eigenvalue weighted by Gasteiger charge is 2.45. The lowest BCUT2D eigenvalue weighted by Gasteiger charge is -2.39. The SMILES string of the molecule is Cl.[2H]C1([2H])N(C2CCN(C(=O)Oc3ccc4nc5c(c(CC)c4c3)Cn3c-5cc4c(c3=O)COC(=O)[C@@]4(O)CC)CC2)C([2H])([2H])C([2H])([2H])C([2H])([2H])C1([2H])[2H]. The number of aryl methyl sites for hydroxylation is 1. The van der Waals surface area contributed by atoms with Crippen molar-refractivity contribution in [2.75, 3.05) is 26.1 Å². The van der Waals surface area contributed by atoms with Crippen molar-refractivity contribution < 1.29 is 37.9 Å². The minimum absolute atomic E-state index is 0. The van der Waals surface area contributed by atoms with Gasteiger partial charge in [-0.3, -0.25) is 4.79 Å². The van der Waals surface area contributed by atoms with Crippen LogP contribution in [0.1, 0.15) is 88.2 Å². The lowest BCUT2D eigenvalue weighted by molar-refractivity contribution is -0.172. The molecule has 4 aliphatic rings. The van der Waals surface area contributed by atoms with Crippen LogP contribution in [0.4, 0.5) is 4.79 Å². The van der Waals surface area contributed by atoms with Gasteiger partial charge in [-0.2, -0.15) is 0 Å². The average molecular weight is 633 g/mol. The second-order valence-electron chi connectivity index (χ2n) is 11.1. The van der Waals surface area contributed by atoms with Crippen molar-refractivity contribution in [1.29, 1.82) is 0 Å². The lowest BCUT2D eigenvalue weighted by Crippen LogP contribution is -2.48. The monoisotopic (exact) mass is 632 g/mol. The molecule has 7 rings (SSSR count). The zero-order valence-corrected chi connectivity index (χ0v) is 25.0. The van der Waals surface area contributed by atoms with Crippen molar-refractivity contribution >= 4 is 35.4 Å². The molecule has 3 aromatic rings. The molecule has 6 heterocycles. The van der Waals surface area contributed by atoms with Crippen LogP contribution >= 0.6 is 12.4 Å².